The summed E-state index contributed by atoms with van der Waals surface area (Å²) in [5, 5.41) is 17.3. The van der Waals surface area contributed by atoms with Gasteiger partial charge in [-0.25, -0.2) is 0 Å². The van der Waals surface area contributed by atoms with Crippen molar-refractivity contribution in [1.29, 1.82) is 0 Å². The minimum Gasteiger partial charge on any atom is -0.481 e. The maximum atomic E-state index is 11.0. The summed E-state index contributed by atoms with van der Waals surface area (Å²) in [7, 11) is -8.31. The largest absolute Gasteiger partial charge is 0.481 e. The van der Waals surface area contributed by atoms with Crippen molar-refractivity contribution < 1.29 is 48.5 Å². The third-order valence-corrected chi connectivity index (χ3v) is 7.29. The van der Waals surface area contributed by atoms with E-state index in [-0.39, 0.29) is 19.3 Å². The van der Waals surface area contributed by atoms with Crippen molar-refractivity contribution in [2.45, 2.75) is 71.6 Å². The van der Waals surface area contributed by atoms with Gasteiger partial charge in [-0.15, -0.1) is 0 Å². The fourth-order valence-corrected chi connectivity index (χ4v) is 4.46. The molecule has 0 amide bonds. The van der Waals surface area contributed by atoms with Crippen LogP contribution >= 0.6 is 15.2 Å². The van der Waals surface area contributed by atoms with Gasteiger partial charge in [0.25, 0.3) is 0 Å². The van der Waals surface area contributed by atoms with Crippen LogP contribution in [-0.4, -0.2) is 53.0 Å². The molecule has 162 valence electrons. The first-order chi connectivity index (χ1) is 11.9. The Bertz CT molecular complexity index is 577. The van der Waals surface area contributed by atoms with Crippen molar-refractivity contribution >= 4 is 27.1 Å². The normalized spacial score (nSPS) is 15.9. The Labute approximate surface area is 159 Å². The number of aliphatic carboxylic acids is 2. The molecule has 0 saturated carbocycles. The molecule has 0 radical (unpaired) electrons. The number of carbonyl (C=O) groups is 2. The molecular weight excluding hydrogens is 402 g/mol. The van der Waals surface area contributed by atoms with Gasteiger partial charge in [0.2, 0.25) is 0 Å². The highest BCUT2D eigenvalue weighted by atomic mass is 31.2. The molecule has 0 aliphatic carbocycles. The summed E-state index contributed by atoms with van der Waals surface area (Å²) in [5.41, 5.74) is -2.80. The van der Waals surface area contributed by atoms with Crippen molar-refractivity contribution in [3.8, 4) is 0 Å². The van der Waals surface area contributed by atoms with E-state index in [1.54, 1.807) is 13.8 Å². The predicted molar refractivity (Wildman–Crippen MR) is 99.7 cm³/mol. The quantitative estimate of drug-likeness (QED) is 0.279. The summed E-state index contributed by atoms with van der Waals surface area (Å²) in [6.45, 7) is 7.65. The topological polar surface area (TPSA) is 190 Å². The van der Waals surface area contributed by atoms with Crippen molar-refractivity contribution in [3.05, 3.63) is 0 Å². The zero-order chi connectivity index (χ0) is 22.2. The second-order valence-corrected chi connectivity index (χ2v) is 11.0. The van der Waals surface area contributed by atoms with Crippen LogP contribution < -0.4 is 0 Å². The van der Waals surface area contributed by atoms with Gasteiger partial charge in [0, 0.05) is 0 Å². The smallest absolute Gasteiger partial charge is 0.328 e. The molecule has 0 fully saturated rings. The molecule has 12 heteroatoms. The Morgan fingerprint density at radius 3 is 1.48 bits per heavy atom. The van der Waals surface area contributed by atoms with Crippen LogP contribution in [0.1, 0.15) is 60.3 Å². The maximum absolute atomic E-state index is 11.0. The minimum atomic E-state index is -4.18. The summed E-state index contributed by atoms with van der Waals surface area (Å²) in [6, 6.07) is 0. The van der Waals surface area contributed by atoms with Gasteiger partial charge in [-0.1, -0.05) is 20.8 Å². The highest BCUT2D eigenvalue weighted by Crippen LogP contribution is 2.48. The van der Waals surface area contributed by atoms with Crippen LogP contribution in [0.3, 0.4) is 0 Å². The Balaban J connectivity index is 0. The fourth-order valence-electron chi connectivity index (χ4n) is 2.23. The summed E-state index contributed by atoms with van der Waals surface area (Å²) >= 11 is 0. The number of hydrogen-bond donors (Lipinski definition) is 6. The summed E-state index contributed by atoms with van der Waals surface area (Å²) < 4.78 is 21.8. The Morgan fingerprint density at radius 2 is 1.26 bits per heavy atom. The highest BCUT2D eigenvalue weighted by Gasteiger charge is 2.37. The van der Waals surface area contributed by atoms with E-state index in [1.165, 1.54) is 20.8 Å². The van der Waals surface area contributed by atoms with E-state index in [2.05, 4.69) is 0 Å². The van der Waals surface area contributed by atoms with Crippen LogP contribution in [0.25, 0.3) is 0 Å². The number of carboxylic acid groups (broad SMARTS) is 2. The number of hydrogen-bond acceptors (Lipinski definition) is 4. The average molecular weight is 434 g/mol. The van der Waals surface area contributed by atoms with E-state index in [1.807, 2.05) is 0 Å². The van der Waals surface area contributed by atoms with Crippen LogP contribution in [0.5, 0.6) is 0 Å². The van der Waals surface area contributed by atoms with Crippen LogP contribution in [0.4, 0.5) is 0 Å². The van der Waals surface area contributed by atoms with Gasteiger partial charge >= 0.3 is 27.1 Å². The molecule has 6 N–H and O–H groups in total. The van der Waals surface area contributed by atoms with Gasteiger partial charge in [0.1, 0.15) is 0 Å². The molecule has 0 aromatic heterocycles. The monoisotopic (exact) mass is 434 g/mol. The van der Waals surface area contributed by atoms with Crippen LogP contribution in [-0.2, 0) is 18.7 Å². The number of rotatable bonds is 10. The van der Waals surface area contributed by atoms with E-state index in [4.69, 9.17) is 29.8 Å². The van der Waals surface area contributed by atoms with Crippen LogP contribution in [0, 0.1) is 11.3 Å². The fraction of sp³-hybridized carbons (Fsp3) is 0.867. The van der Waals surface area contributed by atoms with E-state index < -0.39 is 49.8 Å². The Hall–Kier alpha value is -0.760. The molecule has 0 heterocycles. The second-order valence-electron chi connectivity index (χ2n) is 7.17. The third kappa shape index (κ3) is 11.6. The number of carboxylic acids is 2. The third-order valence-electron chi connectivity index (χ3n) is 4.27. The van der Waals surface area contributed by atoms with E-state index in [9.17, 15) is 18.7 Å². The summed E-state index contributed by atoms with van der Waals surface area (Å²) in [6.07, 6.45) is 0.585. The lowest BCUT2D eigenvalue weighted by atomic mass is 9.87. The van der Waals surface area contributed by atoms with Gasteiger partial charge in [0.15, 0.2) is 0 Å². The SMILES string of the molecule is CCC(CC(C)(C)C(=O)O)P(=O)(O)O.CCC(CC(C)C(=O)O)P(=O)(O)O. The molecule has 3 unspecified atom stereocenters. The zero-order valence-electron chi connectivity index (χ0n) is 16.3. The van der Waals surface area contributed by atoms with Crippen molar-refractivity contribution in [2.75, 3.05) is 0 Å². The van der Waals surface area contributed by atoms with Gasteiger partial charge < -0.3 is 29.8 Å². The molecule has 0 aromatic carbocycles. The Kier molecular flexibility index (Phi) is 11.9. The lowest BCUT2D eigenvalue weighted by Gasteiger charge is -2.25. The van der Waals surface area contributed by atoms with Crippen molar-refractivity contribution in [1.82, 2.24) is 0 Å². The molecule has 10 nitrogen and oxygen atoms in total. The first-order valence-corrected chi connectivity index (χ1v) is 11.8. The summed E-state index contributed by atoms with van der Waals surface area (Å²) in [5.74, 6) is -2.77. The first kappa shape index (κ1) is 28.4. The molecule has 0 rings (SSSR count). The van der Waals surface area contributed by atoms with E-state index in [0.29, 0.717) is 6.42 Å². The maximum Gasteiger partial charge on any atom is 0.328 e. The average Bonchev–Trinajstić information content (AvgIpc) is 2.47. The molecule has 0 spiro atoms. The standard InChI is InChI=1S/C8H17O5P.C7H15O5P/c1-4-6(14(11,12)13)5-8(2,3)7(9)10;1-3-6(13(10,11)12)4-5(2)7(8)9/h6H,4-5H2,1-3H3,(H,9,10)(H2,11,12,13);5-6H,3-4H2,1-2H3,(H,8,9)(H2,10,11,12). The van der Waals surface area contributed by atoms with Gasteiger partial charge in [-0.3, -0.25) is 18.7 Å². The molecule has 0 saturated heterocycles. The lowest BCUT2D eigenvalue weighted by molar-refractivity contribution is -0.147. The Morgan fingerprint density at radius 1 is 0.889 bits per heavy atom. The molecule has 0 aromatic rings. The first-order valence-electron chi connectivity index (χ1n) is 8.46. The molecule has 0 aliphatic rings. The molecule has 27 heavy (non-hydrogen) atoms. The zero-order valence-corrected chi connectivity index (χ0v) is 18.1. The van der Waals surface area contributed by atoms with Crippen molar-refractivity contribution in [2.24, 2.45) is 11.3 Å². The second kappa shape index (κ2) is 11.3. The molecule has 3 atom stereocenters. The lowest BCUT2D eigenvalue weighted by Crippen LogP contribution is -2.28. The molecule has 0 bridgehead atoms. The highest BCUT2D eigenvalue weighted by molar-refractivity contribution is 7.52. The molecular formula is C15H32O10P2. The molecule has 0 aliphatic heterocycles. The predicted octanol–water partition coefficient (Wildman–Crippen LogP) is 2.50. The minimum absolute atomic E-state index is 0.0108. The van der Waals surface area contributed by atoms with Gasteiger partial charge in [-0.2, -0.15) is 0 Å². The van der Waals surface area contributed by atoms with Crippen LogP contribution in [0.2, 0.25) is 0 Å². The van der Waals surface area contributed by atoms with Gasteiger partial charge in [-0.05, 0) is 39.5 Å². The van der Waals surface area contributed by atoms with E-state index in [0.717, 1.165) is 0 Å². The van der Waals surface area contributed by atoms with Crippen LogP contribution in [0.15, 0.2) is 0 Å². The summed E-state index contributed by atoms with van der Waals surface area (Å²) in [4.78, 5) is 56.7. The van der Waals surface area contributed by atoms with Gasteiger partial charge in [0.05, 0.1) is 22.7 Å². The van der Waals surface area contributed by atoms with E-state index >= 15 is 0 Å². The van der Waals surface area contributed by atoms with Crippen molar-refractivity contribution in [3.63, 3.8) is 0 Å².